The van der Waals surface area contributed by atoms with Gasteiger partial charge in [0.25, 0.3) is 0 Å². The minimum Gasteiger partial charge on any atom is -0.381 e. The van der Waals surface area contributed by atoms with Crippen molar-refractivity contribution >= 4 is 27.1 Å². The smallest absolute Gasteiger partial charge is 0.191 e. The molecule has 0 spiro atoms. The molecule has 8 heteroatoms. The van der Waals surface area contributed by atoms with Crippen molar-refractivity contribution < 1.29 is 13.2 Å². The first-order chi connectivity index (χ1) is 11.8. The van der Waals surface area contributed by atoms with Crippen molar-refractivity contribution in [1.82, 2.24) is 10.6 Å². The first-order valence-corrected chi connectivity index (χ1v) is 11.3. The minimum atomic E-state index is -3.19. The summed E-state index contributed by atoms with van der Waals surface area (Å²) in [6.45, 7) is 5.51. The highest BCUT2D eigenvalue weighted by Crippen LogP contribution is 2.28. The van der Waals surface area contributed by atoms with Crippen LogP contribution in [0.5, 0.6) is 0 Å². The first-order valence-electron chi connectivity index (χ1n) is 8.55. The molecule has 0 aliphatic carbocycles. The number of hydrogen-bond acceptors (Lipinski definition) is 5. The zero-order valence-electron chi connectivity index (χ0n) is 15.5. The summed E-state index contributed by atoms with van der Waals surface area (Å²) in [5, 5.41) is 6.57. The third-order valence-electron chi connectivity index (χ3n) is 4.68. The van der Waals surface area contributed by atoms with Gasteiger partial charge in [-0.1, -0.05) is 0 Å². The Kier molecular flexibility index (Phi) is 6.87. The molecule has 1 aromatic rings. The Balaban J connectivity index is 1.94. The second-order valence-electron chi connectivity index (χ2n) is 6.76. The fourth-order valence-corrected chi connectivity index (χ4v) is 5.30. The maximum atomic E-state index is 12.3. The Labute approximate surface area is 155 Å². The largest absolute Gasteiger partial charge is 0.381 e. The SMILES string of the molecule is CN=C(NCC1(S(C)(=O)=O)CCOCC1)NC(C)Cc1ccc(C)s1. The number of nitrogens with zero attached hydrogens (tertiary/aromatic N) is 1. The molecule has 1 saturated heterocycles. The number of sulfone groups is 1. The molecule has 1 atom stereocenters. The molecule has 0 radical (unpaired) electrons. The number of guanidine groups is 1. The van der Waals surface area contributed by atoms with Crippen molar-refractivity contribution in [1.29, 1.82) is 0 Å². The Morgan fingerprint density at radius 1 is 1.40 bits per heavy atom. The molecule has 142 valence electrons. The third kappa shape index (κ3) is 5.43. The van der Waals surface area contributed by atoms with Crippen LogP contribution in [0.15, 0.2) is 17.1 Å². The van der Waals surface area contributed by atoms with Crippen LogP contribution in [0.1, 0.15) is 29.5 Å². The number of ether oxygens (including phenoxy) is 1. The van der Waals surface area contributed by atoms with Gasteiger partial charge in [-0.3, -0.25) is 4.99 Å². The standard InChI is InChI=1S/C17H29N3O3S2/c1-13(11-15-6-5-14(2)24-15)20-16(18-3)19-12-17(25(4,21)22)7-9-23-10-8-17/h5-6,13H,7-12H2,1-4H3,(H2,18,19,20). The van der Waals surface area contributed by atoms with Crippen molar-refractivity contribution in [2.45, 2.75) is 43.9 Å². The maximum Gasteiger partial charge on any atom is 0.191 e. The zero-order chi connectivity index (χ0) is 18.5. The van der Waals surface area contributed by atoms with Crippen molar-refractivity contribution in [2.75, 3.05) is 33.1 Å². The Bertz CT molecular complexity index is 692. The van der Waals surface area contributed by atoms with Gasteiger partial charge in [0.1, 0.15) is 0 Å². The molecule has 25 heavy (non-hydrogen) atoms. The lowest BCUT2D eigenvalue weighted by atomic mass is 9.99. The lowest BCUT2D eigenvalue weighted by Crippen LogP contribution is -2.54. The van der Waals surface area contributed by atoms with Crippen LogP contribution in [0.2, 0.25) is 0 Å². The van der Waals surface area contributed by atoms with E-state index in [9.17, 15) is 8.42 Å². The predicted octanol–water partition coefficient (Wildman–Crippen LogP) is 1.75. The average Bonchev–Trinajstić information content (AvgIpc) is 2.96. The molecule has 1 aliphatic heterocycles. The fourth-order valence-electron chi connectivity index (χ4n) is 3.04. The fraction of sp³-hybridized carbons (Fsp3) is 0.706. The van der Waals surface area contributed by atoms with E-state index in [2.05, 4.69) is 41.6 Å². The molecule has 1 aromatic heterocycles. The minimum absolute atomic E-state index is 0.202. The van der Waals surface area contributed by atoms with Crippen LogP contribution in [0, 0.1) is 6.92 Å². The summed E-state index contributed by atoms with van der Waals surface area (Å²) in [6, 6.07) is 4.48. The van der Waals surface area contributed by atoms with E-state index < -0.39 is 14.6 Å². The highest BCUT2D eigenvalue weighted by Gasteiger charge is 2.42. The first kappa shape index (κ1) is 20.2. The molecule has 0 bridgehead atoms. The van der Waals surface area contributed by atoms with Crippen molar-refractivity contribution in [2.24, 2.45) is 4.99 Å². The number of thiophene rings is 1. The Hall–Kier alpha value is -1.12. The lowest BCUT2D eigenvalue weighted by molar-refractivity contribution is 0.0756. The van der Waals surface area contributed by atoms with E-state index in [0.29, 0.717) is 38.6 Å². The van der Waals surface area contributed by atoms with E-state index in [1.165, 1.54) is 16.0 Å². The van der Waals surface area contributed by atoms with Crippen molar-refractivity contribution in [3.63, 3.8) is 0 Å². The number of aliphatic imine (C=N–C) groups is 1. The number of hydrogen-bond donors (Lipinski definition) is 2. The summed E-state index contributed by atoms with van der Waals surface area (Å²) in [6.07, 6.45) is 3.25. The van der Waals surface area contributed by atoms with Gasteiger partial charge in [-0.15, -0.1) is 11.3 Å². The molecular weight excluding hydrogens is 358 g/mol. The molecule has 1 fully saturated rings. The predicted molar refractivity (Wildman–Crippen MR) is 104 cm³/mol. The van der Waals surface area contributed by atoms with Gasteiger partial charge in [0.2, 0.25) is 0 Å². The van der Waals surface area contributed by atoms with Crippen LogP contribution in [-0.4, -0.2) is 58.2 Å². The molecule has 2 N–H and O–H groups in total. The van der Waals surface area contributed by atoms with E-state index in [1.807, 2.05) is 0 Å². The molecule has 1 unspecified atom stereocenters. The van der Waals surface area contributed by atoms with Gasteiger partial charge in [0.15, 0.2) is 15.8 Å². The molecule has 2 heterocycles. The van der Waals surface area contributed by atoms with Gasteiger partial charge in [0, 0.05) is 55.3 Å². The van der Waals surface area contributed by atoms with Gasteiger partial charge < -0.3 is 15.4 Å². The van der Waals surface area contributed by atoms with Gasteiger partial charge in [-0.05, 0) is 38.8 Å². The number of rotatable bonds is 6. The van der Waals surface area contributed by atoms with E-state index >= 15 is 0 Å². The van der Waals surface area contributed by atoms with Crippen LogP contribution in [0.3, 0.4) is 0 Å². The maximum absolute atomic E-state index is 12.3. The van der Waals surface area contributed by atoms with E-state index in [4.69, 9.17) is 4.74 Å². The monoisotopic (exact) mass is 387 g/mol. The number of nitrogens with one attached hydrogen (secondary N) is 2. The van der Waals surface area contributed by atoms with Gasteiger partial charge in [0.05, 0.1) is 4.75 Å². The summed E-state index contributed by atoms with van der Waals surface area (Å²) in [5.41, 5.74) is 0. The second kappa shape index (κ2) is 8.51. The van der Waals surface area contributed by atoms with Gasteiger partial charge in [-0.25, -0.2) is 8.42 Å². The summed E-state index contributed by atoms with van der Waals surface area (Å²) in [4.78, 5) is 6.87. The Morgan fingerprint density at radius 3 is 2.60 bits per heavy atom. The number of aryl methyl sites for hydroxylation is 1. The molecule has 2 rings (SSSR count). The lowest BCUT2D eigenvalue weighted by Gasteiger charge is -2.36. The Morgan fingerprint density at radius 2 is 2.08 bits per heavy atom. The third-order valence-corrected chi connectivity index (χ3v) is 7.83. The summed E-state index contributed by atoms with van der Waals surface area (Å²) >= 11 is 1.80. The molecule has 6 nitrogen and oxygen atoms in total. The van der Waals surface area contributed by atoms with Gasteiger partial charge in [-0.2, -0.15) is 0 Å². The highest BCUT2D eigenvalue weighted by molar-refractivity contribution is 7.92. The molecule has 0 saturated carbocycles. The summed E-state index contributed by atoms with van der Waals surface area (Å²) in [5.74, 6) is 0.635. The normalized spacial score (nSPS) is 19.4. The topological polar surface area (TPSA) is 79.8 Å². The van der Waals surface area contributed by atoms with Crippen molar-refractivity contribution in [3.05, 3.63) is 21.9 Å². The summed E-state index contributed by atoms with van der Waals surface area (Å²) < 4.78 is 29.2. The summed E-state index contributed by atoms with van der Waals surface area (Å²) in [7, 11) is -1.49. The second-order valence-corrected chi connectivity index (χ2v) is 10.5. The molecular formula is C17H29N3O3S2. The van der Waals surface area contributed by atoms with E-state index in [0.717, 1.165) is 6.42 Å². The van der Waals surface area contributed by atoms with Crippen LogP contribution in [-0.2, 0) is 21.0 Å². The molecule has 0 aromatic carbocycles. The van der Waals surface area contributed by atoms with Gasteiger partial charge >= 0.3 is 0 Å². The van der Waals surface area contributed by atoms with Crippen molar-refractivity contribution in [3.8, 4) is 0 Å². The van der Waals surface area contributed by atoms with E-state index in [-0.39, 0.29) is 6.04 Å². The molecule has 0 amide bonds. The van der Waals surface area contributed by atoms with Crippen LogP contribution in [0.4, 0.5) is 0 Å². The van der Waals surface area contributed by atoms with E-state index in [1.54, 1.807) is 18.4 Å². The molecule has 1 aliphatic rings. The zero-order valence-corrected chi connectivity index (χ0v) is 17.1. The highest BCUT2D eigenvalue weighted by atomic mass is 32.2. The van der Waals surface area contributed by atoms with Crippen LogP contribution >= 0.6 is 11.3 Å². The average molecular weight is 388 g/mol. The van der Waals surface area contributed by atoms with Crippen LogP contribution in [0.25, 0.3) is 0 Å². The quantitative estimate of drug-likeness (QED) is 0.574. The van der Waals surface area contributed by atoms with Crippen LogP contribution < -0.4 is 10.6 Å².